The lowest BCUT2D eigenvalue weighted by Crippen LogP contribution is -2.25. The third-order valence-electron chi connectivity index (χ3n) is 2.37. The molecule has 1 aromatic rings. The lowest BCUT2D eigenvalue weighted by atomic mass is 10.1. The van der Waals surface area contributed by atoms with Crippen LogP contribution in [0.1, 0.15) is 29.3 Å². The van der Waals surface area contributed by atoms with Gasteiger partial charge in [-0.3, -0.25) is 4.79 Å². The Balaban J connectivity index is 2.89. The van der Waals surface area contributed by atoms with Gasteiger partial charge in [-0.25, -0.2) is 4.79 Å². The fraction of sp³-hybridized carbons (Fsp3) is 0.214. The summed E-state index contributed by atoms with van der Waals surface area (Å²) >= 11 is 0. The zero-order valence-corrected chi connectivity index (χ0v) is 10.5. The monoisotopic (exact) mass is 258 g/mol. The number of amides is 1. The normalized spacial score (nSPS) is 10.6. The molecule has 2 N–H and O–H groups in total. The number of nitrogens with one attached hydrogen (secondary N) is 1. The van der Waals surface area contributed by atoms with Gasteiger partial charge in [0.2, 0.25) is 0 Å². The summed E-state index contributed by atoms with van der Waals surface area (Å²) in [5.41, 5.74) is 0.760. The number of carboxylic acid groups (broad SMARTS) is 1. The van der Waals surface area contributed by atoms with E-state index < -0.39 is 11.9 Å². The molecule has 1 aromatic carbocycles. The summed E-state index contributed by atoms with van der Waals surface area (Å²) in [7, 11) is 0. The van der Waals surface area contributed by atoms with E-state index in [0.29, 0.717) is 12.1 Å². The van der Waals surface area contributed by atoms with E-state index in [0.717, 1.165) is 6.42 Å². The number of aromatic carboxylic acids is 1. The van der Waals surface area contributed by atoms with E-state index in [9.17, 15) is 9.59 Å². The number of rotatable bonds is 5. The third-order valence-corrected chi connectivity index (χ3v) is 2.37. The second kappa shape index (κ2) is 6.97. The van der Waals surface area contributed by atoms with Crippen LogP contribution in [-0.2, 0) is 4.79 Å². The van der Waals surface area contributed by atoms with Crippen LogP contribution in [0.25, 0.3) is 6.08 Å². The third kappa shape index (κ3) is 4.28. The molecule has 1 rings (SSSR count). The van der Waals surface area contributed by atoms with Crippen LogP contribution in [0.5, 0.6) is 0 Å². The van der Waals surface area contributed by atoms with Crippen LogP contribution in [0.2, 0.25) is 0 Å². The van der Waals surface area contributed by atoms with Gasteiger partial charge in [0.25, 0.3) is 5.91 Å². The van der Waals surface area contributed by atoms with Crippen LogP contribution in [0.4, 0.5) is 0 Å². The molecule has 0 heterocycles. The minimum absolute atomic E-state index is 0.00322. The van der Waals surface area contributed by atoms with Gasteiger partial charge in [0.1, 0.15) is 11.6 Å². The smallest absolute Gasteiger partial charge is 0.335 e. The number of carbonyl (C=O) groups is 2. The molecule has 0 unspecified atom stereocenters. The Kier molecular flexibility index (Phi) is 5.30. The molecule has 0 fully saturated rings. The van der Waals surface area contributed by atoms with Gasteiger partial charge in [-0.2, -0.15) is 5.26 Å². The van der Waals surface area contributed by atoms with Gasteiger partial charge in [0, 0.05) is 6.54 Å². The van der Waals surface area contributed by atoms with Gasteiger partial charge < -0.3 is 10.4 Å². The zero-order valence-electron chi connectivity index (χ0n) is 10.5. The highest BCUT2D eigenvalue weighted by atomic mass is 16.4. The number of nitrogens with zero attached hydrogens (tertiary/aromatic N) is 1. The summed E-state index contributed by atoms with van der Waals surface area (Å²) in [5.74, 6) is -1.44. The molecule has 0 aliphatic heterocycles. The second-order valence-electron chi connectivity index (χ2n) is 3.85. The van der Waals surface area contributed by atoms with Crippen LogP contribution >= 0.6 is 0 Å². The maximum Gasteiger partial charge on any atom is 0.335 e. The summed E-state index contributed by atoms with van der Waals surface area (Å²) in [5, 5.41) is 20.3. The molecule has 98 valence electrons. The summed E-state index contributed by atoms with van der Waals surface area (Å²) < 4.78 is 0. The minimum atomic E-state index is -1.02. The molecule has 0 aromatic heterocycles. The van der Waals surface area contributed by atoms with Gasteiger partial charge in [0.05, 0.1) is 5.56 Å². The Labute approximate surface area is 111 Å². The topological polar surface area (TPSA) is 90.2 Å². The predicted molar refractivity (Wildman–Crippen MR) is 70.3 cm³/mol. The van der Waals surface area contributed by atoms with Gasteiger partial charge in [-0.1, -0.05) is 19.1 Å². The summed E-state index contributed by atoms with van der Waals surface area (Å²) in [6, 6.07) is 7.78. The molecular formula is C14H14N2O3. The molecular weight excluding hydrogens is 244 g/mol. The zero-order chi connectivity index (χ0) is 14.3. The fourth-order valence-electron chi connectivity index (χ4n) is 1.37. The maximum atomic E-state index is 11.6. The quantitative estimate of drug-likeness (QED) is 0.622. The van der Waals surface area contributed by atoms with Gasteiger partial charge in [-0.15, -0.1) is 0 Å². The highest BCUT2D eigenvalue weighted by Crippen LogP contribution is 2.09. The van der Waals surface area contributed by atoms with Crippen LogP contribution in [0.3, 0.4) is 0 Å². The van der Waals surface area contributed by atoms with Crippen molar-refractivity contribution < 1.29 is 14.7 Å². The van der Waals surface area contributed by atoms with Gasteiger partial charge in [0.15, 0.2) is 0 Å². The SMILES string of the molecule is CCCNC(=O)/C(C#N)=C\c1ccc(C(=O)O)cc1. The summed E-state index contributed by atoms with van der Waals surface area (Å²) in [4.78, 5) is 22.3. The molecule has 0 saturated carbocycles. The lowest BCUT2D eigenvalue weighted by molar-refractivity contribution is -0.117. The van der Waals surface area contributed by atoms with E-state index in [2.05, 4.69) is 5.32 Å². The number of hydrogen-bond acceptors (Lipinski definition) is 3. The summed E-state index contributed by atoms with van der Waals surface area (Å²) in [6.07, 6.45) is 2.22. The first kappa shape index (κ1) is 14.5. The van der Waals surface area contributed by atoms with Crippen molar-refractivity contribution in [3.63, 3.8) is 0 Å². The summed E-state index contributed by atoms with van der Waals surface area (Å²) in [6.45, 7) is 2.43. The predicted octanol–water partition coefficient (Wildman–Crippen LogP) is 1.82. The van der Waals surface area contributed by atoms with Crippen molar-refractivity contribution in [2.45, 2.75) is 13.3 Å². The lowest BCUT2D eigenvalue weighted by Gasteiger charge is -2.02. The fourth-order valence-corrected chi connectivity index (χ4v) is 1.37. The van der Waals surface area contributed by atoms with Crippen molar-refractivity contribution in [2.24, 2.45) is 0 Å². The van der Waals surface area contributed by atoms with E-state index >= 15 is 0 Å². The van der Waals surface area contributed by atoms with Crippen LogP contribution in [0.15, 0.2) is 29.8 Å². The van der Waals surface area contributed by atoms with E-state index in [-0.39, 0.29) is 11.1 Å². The van der Waals surface area contributed by atoms with E-state index in [4.69, 9.17) is 10.4 Å². The first-order valence-electron chi connectivity index (χ1n) is 5.81. The largest absolute Gasteiger partial charge is 0.478 e. The van der Waals surface area contributed by atoms with E-state index in [1.165, 1.54) is 18.2 Å². The molecule has 1 amide bonds. The highest BCUT2D eigenvalue weighted by molar-refractivity contribution is 6.01. The number of hydrogen-bond donors (Lipinski definition) is 2. The molecule has 0 bridgehead atoms. The van der Waals surface area contributed by atoms with Gasteiger partial charge >= 0.3 is 5.97 Å². The van der Waals surface area contributed by atoms with Crippen molar-refractivity contribution in [1.82, 2.24) is 5.32 Å². The van der Waals surface area contributed by atoms with E-state index in [1.807, 2.05) is 13.0 Å². The molecule has 0 saturated heterocycles. The van der Waals surface area contributed by atoms with Crippen molar-refractivity contribution in [3.8, 4) is 6.07 Å². The average Bonchev–Trinajstić information content (AvgIpc) is 2.42. The van der Waals surface area contributed by atoms with Crippen LogP contribution in [0, 0.1) is 11.3 Å². The standard InChI is InChI=1S/C14H14N2O3/c1-2-7-16-13(17)12(9-15)8-10-3-5-11(6-4-10)14(18)19/h3-6,8H,2,7H2,1H3,(H,16,17)(H,18,19)/b12-8-. The van der Waals surface area contributed by atoms with Crippen molar-refractivity contribution >= 4 is 18.0 Å². The number of benzene rings is 1. The Morgan fingerprint density at radius 2 is 2.00 bits per heavy atom. The Morgan fingerprint density at radius 1 is 1.37 bits per heavy atom. The average molecular weight is 258 g/mol. The Morgan fingerprint density at radius 3 is 2.47 bits per heavy atom. The van der Waals surface area contributed by atoms with E-state index in [1.54, 1.807) is 12.1 Å². The highest BCUT2D eigenvalue weighted by Gasteiger charge is 2.08. The molecule has 19 heavy (non-hydrogen) atoms. The second-order valence-corrected chi connectivity index (χ2v) is 3.85. The van der Waals surface area contributed by atoms with Crippen LogP contribution in [-0.4, -0.2) is 23.5 Å². The molecule has 0 radical (unpaired) electrons. The van der Waals surface area contributed by atoms with Crippen LogP contribution < -0.4 is 5.32 Å². The minimum Gasteiger partial charge on any atom is -0.478 e. The number of carboxylic acids is 1. The number of carbonyl (C=O) groups excluding carboxylic acids is 1. The molecule has 5 heteroatoms. The van der Waals surface area contributed by atoms with Crippen molar-refractivity contribution in [1.29, 1.82) is 5.26 Å². The van der Waals surface area contributed by atoms with Crippen molar-refractivity contribution in [3.05, 3.63) is 41.0 Å². The van der Waals surface area contributed by atoms with Crippen molar-refractivity contribution in [2.75, 3.05) is 6.54 Å². The molecule has 0 spiro atoms. The molecule has 0 aliphatic rings. The molecule has 0 atom stereocenters. The Hall–Kier alpha value is -2.61. The van der Waals surface area contributed by atoms with Gasteiger partial charge in [-0.05, 0) is 30.2 Å². The molecule has 0 aliphatic carbocycles. The number of nitriles is 1. The molecule has 5 nitrogen and oxygen atoms in total. The first-order valence-corrected chi connectivity index (χ1v) is 5.81. The maximum absolute atomic E-state index is 11.6. The first-order chi connectivity index (χ1) is 9.08. The Bertz CT molecular complexity index is 539.